The monoisotopic (exact) mass is 207 g/mol. The second-order valence-corrected chi connectivity index (χ2v) is 3.77. The SMILES string of the molecule is CC1=CC(OC2C=CC=C(F)C2)CC=N1. The number of halogens is 1. The van der Waals surface area contributed by atoms with Crippen molar-refractivity contribution in [2.75, 3.05) is 0 Å². The Balaban J connectivity index is 1.91. The molecule has 2 unspecified atom stereocenters. The van der Waals surface area contributed by atoms with Gasteiger partial charge in [-0.25, -0.2) is 4.39 Å². The molecule has 0 amide bonds. The lowest BCUT2D eigenvalue weighted by Gasteiger charge is -2.22. The van der Waals surface area contributed by atoms with Crippen molar-refractivity contribution >= 4 is 6.21 Å². The van der Waals surface area contributed by atoms with E-state index in [0.717, 1.165) is 12.1 Å². The maximum absolute atomic E-state index is 13.0. The molecule has 15 heavy (non-hydrogen) atoms. The van der Waals surface area contributed by atoms with Crippen LogP contribution >= 0.6 is 0 Å². The van der Waals surface area contributed by atoms with Crippen LogP contribution in [-0.4, -0.2) is 18.4 Å². The van der Waals surface area contributed by atoms with Crippen LogP contribution in [0.3, 0.4) is 0 Å². The predicted molar refractivity (Wildman–Crippen MR) is 58.5 cm³/mol. The van der Waals surface area contributed by atoms with Gasteiger partial charge in [0.05, 0.1) is 12.2 Å². The second-order valence-electron chi connectivity index (χ2n) is 3.77. The summed E-state index contributed by atoms with van der Waals surface area (Å²) in [6, 6.07) is 0. The minimum absolute atomic E-state index is 0.0306. The van der Waals surface area contributed by atoms with Crippen molar-refractivity contribution in [1.82, 2.24) is 0 Å². The van der Waals surface area contributed by atoms with Gasteiger partial charge < -0.3 is 4.74 Å². The molecule has 1 aliphatic carbocycles. The number of hydrogen-bond acceptors (Lipinski definition) is 2. The van der Waals surface area contributed by atoms with Gasteiger partial charge in [0.15, 0.2) is 0 Å². The fraction of sp³-hybridized carbons (Fsp3) is 0.417. The van der Waals surface area contributed by atoms with Crippen molar-refractivity contribution in [3.8, 4) is 0 Å². The number of hydrogen-bond donors (Lipinski definition) is 0. The van der Waals surface area contributed by atoms with E-state index in [1.807, 2.05) is 25.3 Å². The van der Waals surface area contributed by atoms with Crippen molar-refractivity contribution in [2.45, 2.75) is 32.0 Å². The first-order valence-corrected chi connectivity index (χ1v) is 5.13. The minimum atomic E-state index is -0.143. The molecule has 80 valence electrons. The number of aliphatic imine (C=N–C) groups is 1. The third kappa shape index (κ3) is 2.86. The maximum Gasteiger partial charge on any atom is 0.103 e. The van der Waals surface area contributed by atoms with Gasteiger partial charge in [-0.3, -0.25) is 4.99 Å². The number of rotatable bonds is 2. The molecule has 0 radical (unpaired) electrons. The summed E-state index contributed by atoms with van der Waals surface area (Å²) in [5, 5.41) is 0. The first-order chi connectivity index (χ1) is 7.24. The largest absolute Gasteiger partial charge is 0.366 e. The molecular weight excluding hydrogens is 193 g/mol. The third-order valence-corrected chi connectivity index (χ3v) is 2.41. The van der Waals surface area contributed by atoms with E-state index in [4.69, 9.17) is 4.74 Å². The highest BCUT2D eigenvalue weighted by Crippen LogP contribution is 2.20. The average Bonchev–Trinajstić information content (AvgIpc) is 2.17. The molecule has 0 N–H and O–H groups in total. The van der Waals surface area contributed by atoms with E-state index in [1.165, 1.54) is 6.08 Å². The summed E-state index contributed by atoms with van der Waals surface area (Å²) in [7, 11) is 0. The van der Waals surface area contributed by atoms with Crippen molar-refractivity contribution in [3.05, 3.63) is 35.8 Å². The van der Waals surface area contributed by atoms with E-state index in [1.54, 1.807) is 6.08 Å². The summed E-state index contributed by atoms with van der Waals surface area (Å²) >= 11 is 0. The van der Waals surface area contributed by atoms with E-state index in [9.17, 15) is 4.39 Å². The lowest BCUT2D eigenvalue weighted by Crippen LogP contribution is -2.22. The van der Waals surface area contributed by atoms with Crippen LogP contribution in [0.1, 0.15) is 19.8 Å². The zero-order valence-corrected chi connectivity index (χ0v) is 8.69. The Bertz CT molecular complexity index is 355. The molecule has 2 nitrogen and oxygen atoms in total. The zero-order valence-electron chi connectivity index (χ0n) is 8.69. The van der Waals surface area contributed by atoms with E-state index >= 15 is 0 Å². The molecule has 1 heterocycles. The van der Waals surface area contributed by atoms with Crippen molar-refractivity contribution in [1.29, 1.82) is 0 Å². The molecule has 1 aliphatic heterocycles. The van der Waals surface area contributed by atoms with Crippen LogP contribution in [0.25, 0.3) is 0 Å². The molecule has 0 fully saturated rings. The highest BCUT2D eigenvalue weighted by Gasteiger charge is 2.17. The molecule has 0 bridgehead atoms. The Kier molecular flexibility index (Phi) is 3.11. The van der Waals surface area contributed by atoms with Crippen LogP contribution < -0.4 is 0 Å². The molecule has 2 atom stereocenters. The number of ether oxygens (including phenoxy) is 1. The van der Waals surface area contributed by atoms with E-state index in [0.29, 0.717) is 6.42 Å². The van der Waals surface area contributed by atoms with Crippen molar-refractivity contribution in [3.63, 3.8) is 0 Å². The zero-order chi connectivity index (χ0) is 10.7. The Morgan fingerprint density at radius 1 is 1.47 bits per heavy atom. The molecule has 2 rings (SSSR count). The topological polar surface area (TPSA) is 21.6 Å². The van der Waals surface area contributed by atoms with Gasteiger partial charge in [0.2, 0.25) is 0 Å². The van der Waals surface area contributed by atoms with Gasteiger partial charge >= 0.3 is 0 Å². The summed E-state index contributed by atoms with van der Waals surface area (Å²) in [6.07, 6.45) is 9.89. The summed E-state index contributed by atoms with van der Waals surface area (Å²) in [5.41, 5.74) is 0.960. The van der Waals surface area contributed by atoms with Gasteiger partial charge in [-0.05, 0) is 19.1 Å². The molecule has 0 aromatic heterocycles. The van der Waals surface area contributed by atoms with E-state index in [2.05, 4.69) is 4.99 Å². The van der Waals surface area contributed by atoms with Gasteiger partial charge in [0.1, 0.15) is 5.83 Å². The van der Waals surface area contributed by atoms with Crippen LogP contribution in [0.5, 0.6) is 0 Å². The maximum atomic E-state index is 13.0. The van der Waals surface area contributed by atoms with Crippen molar-refractivity contribution in [2.24, 2.45) is 4.99 Å². The van der Waals surface area contributed by atoms with Gasteiger partial charge in [0.25, 0.3) is 0 Å². The standard InChI is InChI=1S/C12H14FNO/c1-9-7-12(5-6-14-9)15-11-4-2-3-10(13)8-11/h2-4,6-7,11-12H,5,8H2,1H3. The minimum Gasteiger partial charge on any atom is -0.366 e. The first-order valence-electron chi connectivity index (χ1n) is 5.13. The highest BCUT2D eigenvalue weighted by molar-refractivity contribution is 5.61. The van der Waals surface area contributed by atoms with E-state index in [-0.39, 0.29) is 18.0 Å². The molecule has 0 aromatic rings. The van der Waals surface area contributed by atoms with Crippen LogP contribution in [0.15, 0.2) is 40.8 Å². The summed E-state index contributed by atoms with van der Waals surface area (Å²) in [4.78, 5) is 4.14. The number of nitrogens with zero attached hydrogens (tertiary/aromatic N) is 1. The molecule has 0 aromatic carbocycles. The van der Waals surface area contributed by atoms with Gasteiger partial charge in [-0.2, -0.15) is 0 Å². The lowest BCUT2D eigenvalue weighted by atomic mass is 10.1. The van der Waals surface area contributed by atoms with E-state index < -0.39 is 0 Å². The van der Waals surface area contributed by atoms with Gasteiger partial charge in [-0.1, -0.05) is 12.2 Å². The molecular formula is C12H14FNO. The average molecular weight is 207 g/mol. The number of allylic oxidation sites excluding steroid dienone is 3. The normalized spacial score (nSPS) is 30.0. The van der Waals surface area contributed by atoms with Crippen LogP contribution in [0, 0.1) is 0 Å². The fourth-order valence-corrected chi connectivity index (χ4v) is 1.71. The quantitative estimate of drug-likeness (QED) is 0.682. The van der Waals surface area contributed by atoms with Gasteiger partial charge in [0, 0.05) is 24.8 Å². The Morgan fingerprint density at radius 2 is 2.33 bits per heavy atom. The second kappa shape index (κ2) is 4.53. The molecule has 0 saturated heterocycles. The fourth-order valence-electron chi connectivity index (χ4n) is 1.71. The van der Waals surface area contributed by atoms with Crippen LogP contribution in [0.4, 0.5) is 4.39 Å². The summed E-state index contributed by atoms with van der Waals surface area (Å²) in [6.45, 7) is 1.93. The highest BCUT2D eigenvalue weighted by atomic mass is 19.1. The Labute approximate surface area is 88.8 Å². The van der Waals surface area contributed by atoms with Crippen LogP contribution in [-0.2, 0) is 4.74 Å². The van der Waals surface area contributed by atoms with Crippen molar-refractivity contribution < 1.29 is 9.13 Å². The summed E-state index contributed by atoms with van der Waals surface area (Å²) < 4.78 is 18.7. The smallest absolute Gasteiger partial charge is 0.103 e. The van der Waals surface area contributed by atoms with Crippen LogP contribution in [0.2, 0.25) is 0 Å². The molecule has 0 spiro atoms. The van der Waals surface area contributed by atoms with Gasteiger partial charge in [-0.15, -0.1) is 0 Å². The lowest BCUT2D eigenvalue weighted by molar-refractivity contribution is 0.0416. The molecule has 3 heteroatoms. The summed E-state index contributed by atoms with van der Waals surface area (Å²) in [5.74, 6) is -0.118. The third-order valence-electron chi connectivity index (χ3n) is 2.41. The molecule has 2 aliphatic rings. The first kappa shape index (κ1) is 10.3. The predicted octanol–water partition coefficient (Wildman–Crippen LogP) is 2.93. The molecule has 0 saturated carbocycles. The Hall–Kier alpha value is -1.22. The Morgan fingerprint density at radius 3 is 3.07 bits per heavy atom.